The Balaban J connectivity index is 0.000000151. The van der Waals surface area contributed by atoms with Gasteiger partial charge in [-0.1, -0.05) is 6.58 Å². The highest BCUT2D eigenvalue weighted by molar-refractivity contribution is 5.39. The Labute approximate surface area is 86.6 Å². The van der Waals surface area contributed by atoms with Crippen LogP contribution in [0.25, 0.3) is 6.08 Å². The molecule has 0 aliphatic heterocycles. The summed E-state index contributed by atoms with van der Waals surface area (Å²) in [5.41, 5.74) is 0.558. The number of aromatic amines is 1. The Morgan fingerprint density at radius 2 is 2.20 bits per heavy atom. The maximum Gasteiger partial charge on any atom is 0.344 e. The second-order valence-electron chi connectivity index (χ2n) is 2.43. The Morgan fingerprint density at radius 3 is 2.53 bits per heavy atom. The van der Waals surface area contributed by atoms with E-state index in [0.29, 0.717) is 0 Å². The largest absolute Gasteiger partial charge is 0.344 e. The second kappa shape index (κ2) is 6.20. The van der Waals surface area contributed by atoms with Crippen molar-refractivity contribution in [1.82, 2.24) is 19.9 Å². The van der Waals surface area contributed by atoms with Crippen LogP contribution >= 0.6 is 0 Å². The number of hydrogen-bond acceptors (Lipinski definition) is 4. The standard InChI is InChI=1S/C6H6N2.C4H4N2O/c1-2-6-3-4-7-5-8-6;7-4-5-2-1-3-6-4/h2-5H,1H2;1-3H,(H,5,6,7). The Bertz CT molecular complexity index is 435. The van der Waals surface area contributed by atoms with Crippen LogP contribution < -0.4 is 5.69 Å². The van der Waals surface area contributed by atoms with Crippen molar-refractivity contribution >= 4 is 6.08 Å². The zero-order valence-corrected chi connectivity index (χ0v) is 8.00. The molecular weight excluding hydrogens is 192 g/mol. The third-order valence-corrected chi connectivity index (χ3v) is 1.39. The van der Waals surface area contributed by atoms with Crippen molar-refractivity contribution in [3.8, 4) is 0 Å². The average molecular weight is 202 g/mol. The summed E-state index contributed by atoms with van der Waals surface area (Å²) in [6.07, 6.45) is 7.84. The molecule has 0 saturated carbocycles. The monoisotopic (exact) mass is 202 g/mol. The van der Waals surface area contributed by atoms with E-state index in [1.165, 1.54) is 18.7 Å². The molecule has 2 aromatic heterocycles. The number of nitrogens with zero attached hydrogens (tertiary/aromatic N) is 3. The molecule has 0 aliphatic carbocycles. The van der Waals surface area contributed by atoms with Crippen molar-refractivity contribution in [1.29, 1.82) is 0 Å². The fourth-order valence-electron chi connectivity index (χ4n) is 0.732. The van der Waals surface area contributed by atoms with Gasteiger partial charge < -0.3 is 4.98 Å². The van der Waals surface area contributed by atoms with Gasteiger partial charge in [0.25, 0.3) is 0 Å². The number of H-pyrrole nitrogens is 1. The summed E-state index contributed by atoms with van der Waals surface area (Å²) in [5, 5.41) is 0. The molecule has 2 rings (SSSR count). The van der Waals surface area contributed by atoms with Crippen LogP contribution in [0.5, 0.6) is 0 Å². The van der Waals surface area contributed by atoms with Crippen LogP contribution in [0.1, 0.15) is 5.69 Å². The Morgan fingerprint density at radius 1 is 1.33 bits per heavy atom. The van der Waals surface area contributed by atoms with Gasteiger partial charge in [-0.25, -0.2) is 19.7 Å². The maximum atomic E-state index is 10.1. The molecule has 5 nitrogen and oxygen atoms in total. The van der Waals surface area contributed by atoms with Crippen molar-refractivity contribution in [2.24, 2.45) is 0 Å². The van der Waals surface area contributed by atoms with Crippen LogP contribution in [-0.2, 0) is 0 Å². The lowest BCUT2D eigenvalue weighted by Crippen LogP contribution is -2.05. The zero-order valence-electron chi connectivity index (χ0n) is 8.00. The minimum atomic E-state index is -0.303. The number of aromatic nitrogens is 4. The average Bonchev–Trinajstić information content (AvgIpc) is 2.32. The minimum absolute atomic E-state index is 0.303. The fourth-order valence-corrected chi connectivity index (χ4v) is 0.732. The molecule has 0 radical (unpaired) electrons. The predicted molar refractivity (Wildman–Crippen MR) is 57.0 cm³/mol. The van der Waals surface area contributed by atoms with E-state index >= 15 is 0 Å². The molecule has 2 aromatic rings. The highest BCUT2D eigenvalue weighted by Gasteiger charge is 1.78. The summed E-state index contributed by atoms with van der Waals surface area (Å²) >= 11 is 0. The maximum absolute atomic E-state index is 10.1. The third-order valence-electron chi connectivity index (χ3n) is 1.39. The first-order valence-corrected chi connectivity index (χ1v) is 4.21. The molecular formula is C10H10N4O. The van der Waals surface area contributed by atoms with Gasteiger partial charge in [-0.05, 0) is 18.2 Å². The van der Waals surface area contributed by atoms with Gasteiger partial charge in [-0.3, -0.25) is 0 Å². The highest BCUT2D eigenvalue weighted by Crippen LogP contribution is 1.89. The molecule has 0 saturated heterocycles. The molecule has 0 bridgehead atoms. The van der Waals surface area contributed by atoms with Gasteiger partial charge in [0.15, 0.2) is 0 Å². The number of nitrogens with one attached hydrogen (secondary N) is 1. The first-order valence-electron chi connectivity index (χ1n) is 4.21. The van der Waals surface area contributed by atoms with Crippen LogP contribution in [0.15, 0.2) is 48.4 Å². The van der Waals surface area contributed by atoms with Crippen LogP contribution in [0.4, 0.5) is 0 Å². The van der Waals surface area contributed by atoms with Crippen LogP contribution in [0.2, 0.25) is 0 Å². The lowest BCUT2D eigenvalue weighted by atomic mass is 10.4. The molecule has 0 aliphatic rings. The van der Waals surface area contributed by atoms with Gasteiger partial charge in [0, 0.05) is 18.6 Å². The summed E-state index contributed by atoms with van der Waals surface area (Å²) < 4.78 is 0. The summed E-state index contributed by atoms with van der Waals surface area (Å²) in [6.45, 7) is 3.54. The molecule has 0 atom stereocenters. The van der Waals surface area contributed by atoms with Gasteiger partial charge in [0.2, 0.25) is 0 Å². The van der Waals surface area contributed by atoms with Crippen LogP contribution in [0, 0.1) is 0 Å². The van der Waals surface area contributed by atoms with Gasteiger partial charge in [-0.15, -0.1) is 0 Å². The SMILES string of the molecule is C=Cc1ccncn1.O=c1nccc[nH]1. The highest BCUT2D eigenvalue weighted by atomic mass is 16.1. The number of rotatable bonds is 1. The molecule has 0 spiro atoms. The summed E-state index contributed by atoms with van der Waals surface area (Å²) in [7, 11) is 0. The van der Waals surface area contributed by atoms with E-state index in [2.05, 4.69) is 26.5 Å². The first-order chi connectivity index (χ1) is 7.33. The molecule has 1 N–H and O–H groups in total. The Hall–Kier alpha value is -2.30. The molecule has 2 heterocycles. The van der Waals surface area contributed by atoms with E-state index in [4.69, 9.17) is 0 Å². The predicted octanol–water partition coefficient (Wildman–Crippen LogP) is 0.890. The normalized spacial score (nSPS) is 8.53. The van der Waals surface area contributed by atoms with Crippen molar-refractivity contribution in [3.63, 3.8) is 0 Å². The molecule has 0 amide bonds. The second-order valence-corrected chi connectivity index (χ2v) is 2.43. The van der Waals surface area contributed by atoms with E-state index in [-0.39, 0.29) is 5.69 Å². The van der Waals surface area contributed by atoms with E-state index in [9.17, 15) is 4.79 Å². The van der Waals surface area contributed by atoms with Gasteiger partial charge in [0.1, 0.15) is 6.33 Å². The quantitative estimate of drug-likeness (QED) is 0.745. The minimum Gasteiger partial charge on any atom is -0.313 e. The fraction of sp³-hybridized carbons (Fsp3) is 0. The molecule has 0 unspecified atom stereocenters. The van der Waals surface area contributed by atoms with E-state index < -0.39 is 0 Å². The van der Waals surface area contributed by atoms with Gasteiger partial charge in [-0.2, -0.15) is 0 Å². The van der Waals surface area contributed by atoms with E-state index in [1.807, 2.05) is 0 Å². The molecule has 5 heteroatoms. The topological polar surface area (TPSA) is 71.5 Å². The first kappa shape index (κ1) is 10.8. The molecule has 76 valence electrons. The number of hydrogen-bond donors (Lipinski definition) is 1. The lowest BCUT2D eigenvalue weighted by Gasteiger charge is -1.83. The molecule has 15 heavy (non-hydrogen) atoms. The summed E-state index contributed by atoms with van der Waals surface area (Å²) in [4.78, 5) is 23.4. The van der Waals surface area contributed by atoms with Crippen molar-refractivity contribution in [2.45, 2.75) is 0 Å². The lowest BCUT2D eigenvalue weighted by molar-refractivity contribution is 1.08. The van der Waals surface area contributed by atoms with E-state index in [0.717, 1.165) is 5.69 Å². The van der Waals surface area contributed by atoms with Crippen molar-refractivity contribution in [2.75, 3.05) is 0 Å². The van der Waals surface area contributed by atoms with E-state index in [1.54, 1.807) is 24.4 Å². The molecule has 0 fully saturated rings. The van der Waals surface area contributed by atoms with Gasteiger partial charge in [0.05, 0.1) is 5.69 Å². The van der Waals surface area contributed by atoms with Crippen molar-refractivity contribution in [3.05, 3.63) is 59.8 Å². The van der Waals surface area contributed by atoms with Crippen LogP contribution in [0.3, 0.4) is 0 Å². The molecule has 0 aromatic carbocycles. The third kappa shape index (κ3) is 4.47. The zero-order chi connectivity index (χ0) is 10.9. The van der Waals surface area contributed by atoms with Crippen molar-refractivity contribution < 1.29 is 0 Å². The Kier molecular flexibility index (Phi) is 4.45. The van der Waals surface area contributed by atoms with Crippen LogP contribution in [-0.4, -0.2) is 19.9 Å². The summed E-state index contributed by atoms with van der Waals surface area (Å²) in [5.74, 6) is 0. The summed E-state index contributed by atoms with van der Waals surface area (Å²) in [6, 6.07) is 3.45. The smallest absolute Gasteiger partial charge is 0.313 e. The van der Waals surface area contributed by atoms with Gasteiger partial charge >= 0.3 is 5.69 Å².